The topological polar surface area (TPSA) is 59.6 Å². The van der Waals surface area contributed by atoms with Crippen molar-refractivity contribution < 1.29 is 14.3 Å². The van der Waals surface area contributed by atoms with Gasteiger partial charge in [-0.1, -0.05) is 55.1 Å². The summed E-state index contributed by atoms with van der Waals surface area (Å²) in [5.74, 6) is 1.30. The molecule has 0 aliphatic rings. The second-order valence-corrected chi connectivity index (χ2v) is 6.64. The number of nitrogens with one attached hydrogen (secondary N) is 2. The number of anilines is 2. The summed E-state index contributed by atoms with van der Waals surface area (Å²) in [7, 11) is 0. The summed E-state index contributed by atoms with van der Waals surface area (Å²) in [6, 6.07) is 25.1. The second kappa shape index (κ2) is 11.3. The summed E-state index contributed by atoms with van der Waals surface area (Å²) in [5, 5.41) is 5.98. The molecule has 0 saturated heterocycles. The largest absolute Gasteiger partial charge is 0.493 e. The molecule has 0 aliphatic carbocycles. The molecule has 30 heavy (non-hydrogen) atoms. The summed E-state index contributed by atoms with van der Waals surface area (Å²) in [4.78, 5) is 12.3. The lowest BCUT2D eigenvalue weighted by atomic mass is 10.2. The van der Waals surface area contributed by atoms with Crippen LogP contribution in [0.25, 0.3) is 0 Å². The Morgan fingerprint density at radius 3 is 2.33 bits per heavy atom. The van der Waals surface area contributed by atoms with Crippen molar-refractivity contribution >= 4 is 17.3 Å². The average molecular weight is 402 g/mol. The van der Waals surface area contributed by atoms with E-state index in [0.717, 1.165) is 17.9 Å². The lowest BCUT2D eigenvalue weighted by molar-refractivity contribution is -0.114. The molecule has 2 N–H and O–H groups in total. The van der Waals surface area contributed by atoms with Gasteiger partial charge in [0, 0.05) is 29.9 Å². The number of carbonyl (C=O) groups is 1. The number of carbonyl (C=O) groups excluding carboxylic acids is 1. The van der Waals surface area contributed by atoms with E-state index < -0.39 is 0 Å². The van der Waals surface area contributed by atoms with Crippen LogP contribution in [0, 0.1) is 0 Å². The molecule has 5 nitrogen and oxygen atoms in total. The van der Waals surface area contributed by atoms with Crippen molar-refractivity contribution in [2.24, 2.45) is 0 Å². The number of benzene rings is 3. The van der Waals surface area contributed by atoms with Gasteiger partial charge in [0.1, 0.15) is 18.1 Å². The van der Waals surface area contributed by atoms with E-state index in [2.05, 4.69) is 29.3 Å². The first kappa shape index (κ1) is 21.0. The third-order valence-electron chi connectivity index (χ3n) is 4.28. The van der Waals surface area contributed by atoms with E-state index in [4.69, 9.17) is 9.47 Å². The molecular weight excluding hydrogens is 376 g/mol. The first-order valence-electron chi connectivity index (χ1n) is 9.87. The van der Waals surface area contributed by atoms with Crippen LogP contribution in [0.3, 0.4) is 0 Å². The molecule has 0 fully saturated rings. The molecule has 0 heterocycles. The summed E-state index contributed by atoms with van der Waals surface area (Å²) >= 11 is 0. The molecule has 0 saturated carbocycles. The van der Waals surface area contributed by atoms with E-state index in [0.29, 0.717) is 24.7 Å². The number of hydrogen-bond donors (Lipinski definition) is 2. The van der Waals surface area contributed by atoms with E-state index in [1.807, 2.05) is 60.7 Å². The smallest absolute Gasteiger partial charge is 0.243 e. The highest BCUT2D eigenvalue weighted by atomic mass is 16.5. The highest BCUT2D eigenvalue weighted by Gasteiger charge is 2.05. The van der Waals surface area contributed by atoms with Crippen LogP contribution in [0.1, 0.15) is 5.56 Å². The van der Waals surface area contributed by atoms with Crippen LogP contribution in [0.2, 0.25) is 0 Å². The molecule has 154 valence electrons. The normalized spacial score (nSPS) is 10.1. The summed E-state index contributed by atoms with van der Waals surface area (Å²) < 4.78 is 11.3. The third kappa shape index (κ3) is 7.02. The summed E-state index contributed by atoms with van der Waals surface area (Å²) in [6.45, 7) is 4.78. The molecule has 0 atom stereocenters. The Morgan fingerprint density at radius 2 is 1.57 bits per heavy atom. The maximum Gasteiger partial charge on any atom is 0.243 e. The van der Waals surface area contributed by atoms with Gasteiger partial charge in [0.15, 0.2) is 0 Å². The SMILES string of the molecule is C=CCOc1cccc(NC(=O)CNc2cccc(OCCc3ccccc3)c2)c1. The van der Waals surface area contributed by atoms with Gasteiger partial charge in [-0.2, -0.15) is 0 Å². The Bertz CT molecular complexity index is 957. The third-order valence-corrected chi connectivity index (χ3v) is 4.28. The Balaban J connectivity index is 1.45. The number of rotatable bonds is 11. The molecule has 0 aliphatic heterocycles. The van der Waals surface area contributed by atoms with Gasteiger partial charge >= 0.3 is 0 Å². The standard InChI is InChI=1S/C25H26N2O3/c1-2-15-29-24-13-7-11-22(18-24)27-25(28)19-26-21-10-6-12-23(17-21)30-16-14-20-8-4-3-5-9-20/h2-13,17-18,26H,1,14-16,19H2,(H,27,28). The highest BCUT2D eigenvalue weighted by Crippen LogP contribution is 2.19. The zero-order valence-corrected chi connectivity index (χ0v) is 16.8. The van der Waals surface area contributed by atoms with Crippen LogP contribution >= 0.6 is 0 Å². The van der Waals surface area contributed by atoms with Crippen LogP contribution < -0.4 is 20.1 Å². The molecule has 0 unspecified atom stereocenters. The molecular formula is C25H26N2O3. The zero-order valence-electron chi connectivity index (χ0n) is 16.8. The molecule has 0 radical (unpaired) electrons. The van der Waals surface area contributed by atoms with E-state index >= 15 is 0 Å². The molecule has 0 aromatic heterocycles. The number of amides is 1. The maximum atomic E-state index is 12.3. The summed E-state index contributed by atoms with van der Waals surface area (Å²) in [5.41, 5.74) is 2.74. The average Bonchev–Trinajstić information content (AvgIpc) is 2.78. The van der Waals surface area contributed by atoms with Gasteiger partial charge in [0.25, 0.3) is 0 Å². The van der Waals surface area contributed by atoms with Crippen LogP contribution in [0.15, 0.2) is 91.5 Å². The maximum absolute atomic E-state index is 12.3. The van der Waals surface area contributed by atoms with Crippen molar-refractivity contribution in [3.8, 4) is 11.5 Å². The van der Waals surface area contributed by atoms with Gasteiger partial charge in [0.05, 0.1) is 13.2 Å². The molecule has 3 aromatic rings. The Labute approximate surface area is 177 Å². The second-order valence-electron chi connectivity index (χ2n) is 6.64. The van der Waals surface area contributed by atoms with Crippen molar-refractivity contribution in [1.29, 1.82) is 0 Å². The predicted molar refractivity (Wildman–Crippen MR) is 121 cm³/mol. The number of ether oxygens (including phenoxy) is 2. The van der Waals surface area contributed by atoms with Crippen molar-refractivity contribution in [3.63, 3.8) is 0 Å². The van der Waals surface area contributed by atoms with E-state index in [1.54, 1.807) is 12.1 Å². The van der Waals surface area contributed by atoms with Gasteiger partial charge in [-0.05, 0) is 29.8 Å². The van der Waals surface area contributed by atoms with Gasteiger partial charge < -0.3 is 20.1 Å². The van der Waals surface area contributed by atoms with Gasteiger partial charge in [-0.15, -0.1) is 0 Å². The minimum absolute atomic E-state index is 0.144. The van der Waals surface area contributed by atoms with Crippen LogP contribution in [0.5, 0.6) is 11.5 Å². The first-order valence-corrected chi connectivity index (χ1v) is 9.87. The van der Waals surface area contributed by atoms with Crippen molar-refractivity contribution in [2.45, 2.75) is 6.42 Å². The van der Waals surface area contributed by atoms with Crippen LogP contribution in [-0.2, 0) is 11.2 Å². The fourth-order valence-electron chi connectivity index (χ4n) is 2.83. The highest BCUT2D eigenvalue weighted by molar-refractivity contribution is 5.93. The minimum atomic E-state index is -0.147. The van der Waals surface area contributed by atoms with Gasteiger partial charge in [0.2, 0.25) is 5.91 Å². The van der Waals surface area contributed by atoms with E-state index in [1.165, 1.54) is 5.56 Å². The van der Waals surface area contributed by atoms with Crippen molar-refractivity contribution in [3.05, 3.63) is 97.1 Å². The molecule has 1 amide bonds. The molecule has 3 rings (SSSR count). The Morgan fingerprint density at radius 1 is 0.867 bits per heavy atom. The lowest BCUT2D eigenvalue weighted by Gasteiger charge is -2.11. The number of hydrogen-bond acceptors (Lipinski definition) is 4. The van der Waals surface area contributed by atoms with Gasteiger partial charge in [-0.3, -0.25) is 4.79 Å². The van der Waals surface area contributed by atoms with Crippen LogP contribution in [0.4, 0.5) is 11.4 Å². The molecule has 0 bridgehead atoms. The fraction of sp³-hybridized carbons (Fsp3) is 0.160. The van der Waals surface area contributed by atoms with Crippen molar-refractivity contribution in [1.82, 2.24) is 0 Å². The quantitative estimate of drug-likeness (QED) is 0.447. The fourth-order valence-corrected chi connectivity index (χ4v) is 2.83. The van der Waals surface area contributed by atoms with Gasteiger partial charge in [-0.25, -0.2) is 0 Å². The molecule has 0 spiro atoms. The van der Waals surface area contributed by atoms with E-state index in [9.17, 15) is 4.79 Å². The first-order chi connectivity index (χ1) is 14.7. The Kier molecular flexibility index (Phi) is 7.92. The Hall–Kier alpha value is -3.73. The van der Waals surface area contributed by atoms with Crippen LogP contribution in [-0.4, -0.2) is 25.7 Å². The monoisotopic (exact) mass is 402 g/mol. The lowest BCUT2D eigenvalue weighted by Crippen LogP contribution is -2.21. The predicted octanol–water partition coefficient (Wildman–Crippen LogP) is 4.92. The van der Waals surface area contributed by atoms with Crippen molar-refractivity contribution in [2.75, 3.05) is 30.4 Å². The minimum Gasteiger partial charge on any atom is -0.493 e. The summed E-state index contributed by atoms with van der Waals surface area (Å²) in [6.07, 6.45) is 2.52. The zero-order chi connectivity index (χ0) is 21.0. The molecule has 5 heteroatoms. The molecule has 3 aromatic carbocycles. The van der Waals surface area contributed by atoms with E-state index in [-0.39, 0.29) is 12.5 Å².